The Morgan fingerprint density at radius 2 is 1.97 bits per heavy atom. The van der Waals surface area contributed by atoms with Gasteiger partial charge in [-0.25, -0.2) is 9.97 Å². The number of hydrogen-bond acceptors (Lipinski definition) is 6. The van der Waals surface area contributed by atoms with Crippen LogP contribution in [-0.2, 0) is 5.75 Å². The van der Waals surface area contributed by atoms with Gasteiger partial charge in [0, 0.05) is 28.1 Å². The number of thioether (sulfide) groups is 1. The van der Waals surface area contributed by atoms with E-state index in [4.69, 9.17) is 11.6 Å². The number of halogens is 1. The van der Waals surface area contributed by atoms with Crippen molar-refractivity contribution in [3.8, 4) is 6.07 Å². The molecule has 0 amide bonds. The first kappa shape index (κ1) is 20.6. The molecule has 0 saturated heterocycles. The van der Waals surface area contributed by atoms with Crippen LogP contribution in [0.25, 0.3) is 0 Å². The average molecular weight is 421 g/mol. The van der Waals surface area contributed by atoms with Crippen molar-refractivity contribution in [3.63, 3.8) is 0 Å². The maximum absolute atomic E-state index is 12.8. The van der Waals surface area contributed by atoms with Crippen LogP contribution < -0.4 is 5.32 Å². The standard InChI is InChI=1S/C22H17ClN4OS/c1-15-10-20(23)27-22(26-15)25-13-18(12-24)21(28)17-7-5-6-16(11-17)14-29-19-8-3-2-4-9-19/h2-11,13H,14H2,1H3,(H,25,26,27). The highest BCUT2D eigenvalue weighted by Gasteiger charge is 2.13. The number of aryl methyl sites for hydroxylation is 1. The van der Waals surface area contributed by atoms with Crippen LogP contribution in [0.4, 0.5) is 5.95 Å². The van der Waals surface area contributed by atoms with Gasteiger partial charge in [-0.05, 0) is 36.8 Å². The molecular weight excluding hydrogens is 404 g/mol. The molecule has 0 aliphatic carbocycles. The van der Waals surface area contributed by atoms with E-state index in [9.17, 15) is 10.1 Å². The summed E-state index contributed by atoms with van der Waals surface area (Å²) in [5.74, 6) is 0.582. The number of allylic oxidation sites excluding steroid dienone is 1. The van der Waals surface area contributed by atoms with E-state index in [1.807, 2.05) is 54.6 Å². The zero-order valence-electron chi connectivity index (χ0n) is 15.6. The molecule has 3 rings (SSSR count). The van der Waals surface area contributed by atoms with Gasteiger partial charge in [0.1, 0.15) is 16.8 Å². The molecule has 0 fully saturated rings. The lowest BCUT2D eigenvalue weighted by molar-refractivity contribution is 0.103. The van der Waals surface area contributed by atoms with E-state index in [-0.39, 0.29) is 22.5 Å². The Hall–Kier alpha value is -3.14. The smallest absolute Gasteiger partial charge is 0.228 e. The number of Topliss-reactive ketones (excluding diaryl/α,β-unsaturated/α-hetero) is 1. The summed E-state index contributed by atoms with van der Waals surface area (Å²) >= 11 is 7.59. The maximum atomic E-state index is 12.8. The van der Waals surface area contributed by atoms with Crippen molar-refractivity contribution in [1.82, 2.24) is 9.97 Å². The molecule has 3 aromatic rings. The van der Waals surface area contributed by atoms with E-state index in [0.717, 1.165) is 16.2 Å². The summed E-state index contributed by atoms with van der Waals surface area (Å²) in [4.78, 5) is 22.1. The SMILES string of the molecule is Cc1cc(Cl)nc(NC=C(C#N)C(=O)c2cccc(CSc3ccccc3)c2)n1. The highest BCUT2D eigenvalue weighted by atomic mass is 35.5. The summed E-state index contributed by atoms with van der Waals surface area (Å²) in [6, 6.07) is 20.9. The normalized spacial score (nSPS) is 11.0. The van der Waals surface area contributed by atoms with Crippen molar-refractivity contribution >= 4 is 35.1 Å². The molecule has 1 heterocycles. The van der Waals surface area contributed by atoms with E-state index in [1.165, 1.54) is 6.20 Å². The van der Waals surface area contributed by atoms with Crippen molar-refractivity contribution in [2.75, 3.05) is 5.32 Å². The summed E-state index contributed by atoms with van der Waals surface area (Å²) in [6.07, 6.45) is 1.30. The van der Waals surface area contributed by atoms with Gasteiger partial charge < -0.3 is 5.32 Å². The summed E-state index contributed by atoms with van der Waals surface area (Å²) in [5.41, 5.74) is 2.09. The Labute approximate surface area is 178 Å². The minimum Gasteiger partial charge on any atom is -0.329 e. The highest BCUT2D eigenvalue weighted by Crippen LogP contribution is 2.23. The summed E-state index contributed by atoms with van der Waals surface area (Å²) in [5, 5.41) is 12.5. The number of anilines is 1. The number of nitrogens with one attached hydrogen (secondary N) is 1. The number of carbonyl (C=O) groups excluding carboxylic acids is 1. The Morgan fingerprint density at radius 1 is 1.17 bits per heavy atom. The lowest BCUT2D eigenvalue weighted by Crippen LogP contribution is -2.06. The predicted octanol–water partition coefficient (Wildman–Crippen LogP) is 5.43. The van der Waals surface area contributed by atoms with E-state index in [2.05, 4.69) is 15.3 Å². The highest BCUT2D eigenvalue weighted by molar-refractivity contribution is 7.98. The van der Waals surface area contributed by atoms with Crippen LogP contribution in [0.5, 0.6) is 0 Å². The first-order chi connectivity index (χ1) is 14.0. The second kappa shape index (κ2) is 9.87. The van der Waals surface area contributed by atoms with Crippen LogP contribution in [0.2, 0.25) is 5.15 Å². The molecule has 29 heavy (non-hydrogen) atoms. The molecule has 2 aromatic carbocycles. The quantitative estimate of drug-likeness (QED) is 0.180. The molecule has 0 spiro atoms. The third-order valence-corrected chi connectivity index (χ3v) is 5.15. The molecule has 0 radical (unpaired) electrons. The number of nitrogens with zero attached hydrogens (tertiary/aromatic N) is 3. The lowest BCUT2D eigenvalue weighted by atomic mass is 10.0. The third kappa shape index (κ3) is 5.92. The molecule has 0 unspecified atom stereocenters. The fourth-order valence-corrected chi connectivity index (χ4v) is 3.62. The molecule has 7 heteroatoms. The van der Waals surface area contributed by atoms with Gasteiger partial charge in [0.2, 0.25) is 11.7 Å². The van der Waals surface area contributed by atoms with Crippen LogP contribution in [0.3, 0.4) is 0 Å². The van der Waals surface area contributed by atoms with Crippen molar-refractivity contribution in [3.05, 3.63) is 94.4 Å². The first-order valence-electron chi connectivity index (χ1n) is 8.74. The Balaban J connectivity index is 1.73. The zero-order valence-corrected chi connectivity index (χ0v) is 17.2. The number of carbonyl (C=O) groups is 1. The topological polar surface area (TPSA) is 78.7 Å². The van der Waals surface area contributed by atoms with Crippen molar-refractivity contribution in [1.29, 1.82) is 5.26 Å². The summed E-state index contributed by atoms with van der Waals surface area (Å²) in [6.45, 7) is 1.78. The number of benzene rings is 2. The van der Waals surface area contributed by atoms with E-state index < -0.39 is 0 Å². The van der Waals surface area contributed by atoms with Crippen molar-refractivity contribution in [2.45, 2.75) is 17.6 Å². The number of aromatic nitrogens is 2. The molecule has 0 bridgehead atoms. The van der Waals surface area contributed by atoms with Gasteiger partial charge >= 0.3 is 0 Å². The minimum absolute atomic E-state index is 0.0425. The first-order valence-corrected chi connectivity index (χ1v) is 10.1. The van der Waals surface area contributed by atoms with Gasteiger partial charge in [-0.1, -0.05) is 48.0 Å². The fraction of sp³-hybridized carbons (Fsp3) is 0.0909. The minimum atomic E-state index is -0.370. The van der Waals surface area contributed by atoms with Gasteiger partial charge in [-0.2, -0.15) is 5.26 Å². The third-order valence-electron chi connectivity index (χ3n) is 3.87. The zero-order chi connectivity index (χ0) is 20.6. The number of hydrogen-bond donors (Lipinski definition) is 1. The van der Waals surface area contributed by atoms with Crippen LogP contribution in [0, 0.1) is 18.3 Å². The molecule has 0 atom stereocenters. The maximum Gasteiger partial charge on any atom is 0.228 e. The van der Waals surface area contributed by atoms with Crippen LogP contribution in [0.1, 0.15) is 21.6 Å². The van der Waals surface area contributed by atoms with Gasteiger partial charge in [-0.15, -0.1) is 11.8 Å². The molecule has 1 aromatic heterocycles. The second-order valence-electron chi connectivity index (χ2n) is 6.10. The van der Waals surface area contributed by atoms with Gasteiger partial charge in [0.05, 0.1) is 0 Å². The van der Waals surface area contributed by atoms with Crippen LogP contribution in [0.15, 0.2) is 77.3 Å². The number of nitriles is 1. The Bertz CT molecular complexity index is 1070. The molecule has 5 nitrogen and oxygen atoms in total. The molecule has 0 aliphatic heterocycles. The summed E-state index contributed by atoms with van der Waals surface area (Å²) in [7, 11) is 0. The molecule has 144 valence electrons. The number of rotatable bonds is 7. The fourth-order valence-electron chi connectivity index (χ4n) is 2.52. The predicted molar refractivity (Wildman–Crippen MR) is 116 cm³/mol. The monoisotopic (exact) mass is 420 g/mol. The Kier molecular flexibility index (Phi) is 7.01. The molecule has 1 N–H and O–H groups in total. The average Bonchev–Trinajstić information content (AvgIpc) is 2.73. The van der Waals surface area contributed by atoms with Gasteiger partial charge in [0.15, 0.2) is 0 Å². The van der Waals surface area contributed by atoms with Gasteiger partial charge in [0.25, 0.3) is 0 Å². The second-order valence-corrected chi connectivity index (χ2v) is 7.54. The van der Waals surface area contributed by atoms with E-state index in [1.54, 1.807) is 30.8 Å². The molecule has 0 saturated carbocycles. The van der Waals surface area contributed by atoms with Crippen LogP contribution in [-0.4, -0.2) is 15.8 Å². The molecular formula is C22H17ClN4OS. The molecule has 0 aliphatic rings. The number of ketones is 1. The summed E-state index contributed by atoms with van der Waals surface area (Å²) < 4.78 is 0. The lowest BCUT2D eigenvalue weighted by Gasteiger charge is -2.06. The van der Waals surface area contributed by atoms with Gasteiger partial charge in [-0.3, -0.25) is 4.79 Å². The van der Waals surface area contributed by atoms with E-state index >= 15 is 0 Å². The van der Waals surface area contributed by atoms with Crippen molar-refractivity contribution < 1.29 is 4.79 Å². The Morgan fingerprint density at radius 3 is 2.69 bits per heavy atom. The van der Waals surface area contributed by atoms with Crippen molar-refractivity contribution in [2.24, 2.45) is 0 Å². The largest absolute Gasteiger partial charge is 0.329 e. The van der Waals surface area contributed by atoms with E-state index in [0.29, 0.717) is 11.3 Å². The van der Waals surface area contributed by atoms with Crippen LogP contribution >= 0.6 is 23.4 Å².